The Bertz CT molecular complexity index is 509. The Morgan fingerprint density at radius 2 is 2.28 bits per heavy atom. The second-order valence-corrected chi connectivity index (χ2v) is 4.42. The van der Waals surface area contributed by atoms with Gasteiger partial charge in [0.25, 0.3) is 0 Å². The molecule has 2 rings (SSSR count). The lowest BCUT2D eigenvalue weighted by atomic mass is 10.3. The lowest BCUT2D eigenvalue weighted by Crippen LogP contribution is -2.26. The number of halogens is 3. The van der Waals surface area contributed by atoms with E-state index in [9.17, 15) is 8.78 Å². The predicted octanol–water partition coefficient (Wildman–Crippen LogP) is 1.99. The fourth-order valence-electron chi connectivity index (χ4n) is 1.34. The summed E-state index contributed by atoms with van der Waals surface area (Å²) in [6, 6.07) is 4.22. The van der Waals surface area contributed by atoms with E-state index in [2.05, 4.69) is 31.5 Å². The van der Waals surface area contributed by atoms with E-state index in [1.54, 1.807) is 0 Å². The second kappa shape index (κ2) is 5.85. The quantitative estimate of drug-likeness (QED) is 0.846. The summed E-state index contributed by atoms with van der Waals surface area (Å²) in [5.74, 6) is -0.562. The number of hydrogen-bond donors (Lipinski definition) is 0. The molecule has 0 bridgehead atoms. The van der Waals surface area contributed by atoms with Gasteiger partial charge in [0.05, 0.1) is 6.54 Å². The van der Waals surface area contributed by atoms with Crippen LogP contribution in [0.3, 0.4) is 0 Å². The van der Waals surface area contributed by atoms with Crippen molar-refractivity contribution in [2.45, 2.75) is 12.6 Å². The smallest absolute Gasteiger partial charge is 0.165 e. The molecule has 5 nitrogen and oxygen atoms in total. The summed E-state index contributed by atoms with van der Waals surface area (Å²) >= 11 is 3.19. The van der Waals surface area contributed by atoms with Crippen molar-refractivity contribution >= 4 is 15.9 Å². The molecule has 0 aliphatic heterocycles. The second-order valence-electron chi connectivity index (χ2n) is 3.50. The summed E-state index contributed by atoms with van der Waals surface area (Å²) < 4.78 is 33.5. The van der Waals surface area contributed by atoms with E-state index in [-0.39, 0.29) is 12.3 Å². The normalized spacial score (nSPS) is 12.4. The Kier molecular flexibility index (Phi) is 4.19. The van der Waals surface area contributed by atoms with Crippen LogP contribution in [0.5, 0.6) is 5.75 Å². The summed E-state index contributed by atoms with van der Waals surface area (Å²) in [5, 5.41) is 10.4. The Morgan fingerprint density at radius 3 is 2.94 bits per heavy atom. The molecule has 1 atom stereocenters. The van der Waals surface area contributed by atoms with Crippen molar-refractivity contribution in [1.29, 1.82) is 0 Å². The number of alkyl halides is 1. The van der Waals surface area contributed by atoms with Crippen molar-refractivity contribution in [3.8, 4) is 5.75 Å². The van der Waals surface area contributed by atoms with Gasteiger partial charge < -0.3 is 4.74 Å². The van der Waals surface area contributed by atoms with Crippen molar-refractivity contribution in [2.24, 2.45) is 0 Å². The summed E-state index contributed by atoms with van der Waals surface area (Å²) in [4.78, 5) is 0. The largest absolute Gasteiger partial charge is 0.483 e. The highest BCUT2D eigenvalue weighted by molar-refractivity contribution is 9.10. The van der Waals surface area contributed by atoms with Crippen LogP contribution in [0.2, 0.25) is 0 Å². The molecule has 0 aliphatic carbocycles. The molecule has 0 N–H and O–H groups in total. The highest BCUT2D eigenvalue weighted by Gasteiger charge is 2.15. The number of rotatable bonds is 5. The molecule has 0 aliphatic rings. The third-order valence-corrected chi connectivity index (χ3v) is 2.63. The molecular formula is C10H9BrF2N4O. The first-order chi connectivity index (χ1) is 8.69. The van der Waals surface area contributed by atoms with Gasteiger partial charge in [0.1, 0.15) is 19.1 Å². The maximum atomic E-state index is 13.4. The molecule has 1 aromatic heterocycles. The molecule has 0 unspecified atom stereocenters. The number of ether oxygens (including phenoxy) is 1. The lowest BCUT2D eigenvalue weighted by Gasteiger charge is -2.16. The van der Waals surface area contributed by atoms with Crippen LogP contribution in [0.1, 0.15) is 0 Å². The Morgan fingerprint density at radius 1 is 1.44 bits per heavy atom. The number of nitrogens with zero attached hydrogens (tertiary/aromatic N) is 4. The highest BCUT2D eigenvalue weighted by Crippen LogP contribution is 2.23. The van der Waals surface area contributed by atoms with E-state index in [0.717, 1.165) is 0 Å². The van der Waals surface area contributed by atoms with E-state index in [1.807, 2.05) is 0 Å². The van der Waals surface area contributed by atoms with E-state index in [1.165, 1.54) is 29.2 Å². The van der Waals surface area contributed by atoms with Crippen LogP contribution in [0.15, 0.2) is 29.0 Å². The molecule has 0 radical (unpaired) electrons. The van der Waals surface area contributed by atoms with Gasteiger partial charge in [0.15, 0.2) is 11.6 Å². The standard InChI is InChI=1S/C10H9BrF2N4O/c11-7-1-2-9(13)10(3-7)18-8(4-12)5-17-6-14-15-16-17/h1-3,6,8H,4-5H2/t8-/m0/s1. The average molecular weight is 319 g/mol. The molecular weight excluding hydrogens is 310 g/mol. The van der Waals surface area contributed by atoms with Crippen molar-refractivity contribution in [3.63, 3.8) is 0 Å². The first-order valence-corrected chi connectivity index (χ1v) is 5.87. The molecule has 8 heteroatoms. The summed E-state index contributed by atoms with van der Waals surface area (Å²) in [6.07, 6.45) is 0.487. The van der Waals surface area contributed by atoms with E-state index < -0.39 is 18.6 Å². The zero-order chi connectivity index (χ0) is 13.0. The fraction of sp³-hybridized carbons (Fsp3) is 0.300. The predicted molar refractivity (Wildman–Crippen MR) is 62.3 cm³/mol. The van der Waals surface area contributed by atoms with Crippen molar-refractivity contribution in [2.75, 3.05) is 6.67 Å². The van der Waals surface area contributed by atoms with Crippen LogP contribution >= 0.6 is 15.9 Å². The average Bonchev–Trinajstić information content (AvgIpc) is 2.85. The molecule has 0 saturated carbocycles. The molecule has 0 saturated heterocycles. The molecule has 1 heterocycles. The first-order valence-electron chi connectivity index (χ1n) is 5.07. The van der Waals surface area contributed by atoms with Crippen molar-refractivity contribution < 1.29 is 13.5 Å². The molecule has 1 aromatic carbocycles. The van der Waals surface area contributed by atoms with E-state index in [0.29, 0.717) is 4.47 Å². The fourth-order valence-corrected chi connectivity index (χ4v) is 1.68. The zero-order valence-electron chi connectivity index (χ0n) is 9.13. The van der Waals surface area contributed by atoms with Gasteiger partial charge in [-0.3, -0.25) is 0 Å². The van der Waals surface area contributed by atoms with Crippen LogP contribution < -0.4 is 4.74 Å². The summed E-state index contributed by atoms with van der Waals surface area (Å²) in [6.45, 7) is -0.665. The van der Waals surface area contributed by atoms with E-state index >= 15 is 0 Å². The van der Waals surface area contributed by atoms with Crippen molar-refractivity contribution in [3.05, 3.63) is 34.8 Å². The Hall–Kier alpha value is -1.57. The molecule has 2 aromatic rings. The third kappa shape index (κ3) is 3.22. The first kappa shape index (κ1) is 12.9. The SMILES string of the molecule is FC[C@@H](Cn1cnnn1)Oc1cc(Br)ccc1F. The van der Waals surface area contributed by atoms with Gasteiger partial charge in [-0.15, -0.1) is 5.10 Å². The van der Waals surface area contributed by atoms with Crippen LogP contribution in [-0.4, -0.2) is 33.0 Å². The van der Waals surface area contributed by atoms with Gasteiger partial charge in [-0.2, -0.15) is 0 Å². The summed E-state index contributed by atoms with van der Waals surface area (Å²) in [5.41, 5.74) is 0. The third-order valence-electron chi connectivity index (χ3n) is 2.14. The molecule has 96 valence electrons. The van der Waals surface area contributed by atoms with Gasteiger partial charge in [0.2, 0.25) is 0 Å². The number of benzene rings is 1. The monoisotopic (exact) mass is 318 g/mol. The van der Waals surface area contributed by atoms with Crippen molar-refractivity contribution in [1.82, 2.24) is 20.2 Å². The van der Waals surface area contributed by atoms with Gasteiger partial charge in [-0.05, 0) is 28.6 Å². The van der Waals surface area contributed by atoms with Crippen LogP contribution in [0.4, 0.5) is 8.78 Å². The minimum Gasteiger partial charge on any atom is -0.483 e. The van der Waals surface area contributed by atoms with Crippen LogP contribution in [0.25, 0.3) is 0 Å². The molecule has 18 heavy (non-hydrogen) atoms. The van der Waals surface area contributed by atoms with E-state index in [4.69, 9.17) is 4.74 Å². The number of tetrazole rings is 1. The van der Waals surface area contributed by atoms with Crippen LogP contribution in [-0.2, 0) is 6.54 Å². The maximum Gasteiger partial charge on any atom is 0.165 e. The summed E-state index contributed by atoms with van der Waals surface area (Å²) in [7, 11) is 0. The van der Waals surface area contributed by atoms with Gasteiger partial charge in [-0.25, -0.2) is 13.5 Å². The van der Waals surface area contributed by atoms with Gasteiger partial charge in [-0.1, -0.05) is 15.9 Å². The molecule has 0 fully saturated rings. The molecule has 0 amide bonds. The maximum absolute atomic E-state index is 13.4. The topological polar surface area (TPSA) is 52.8 Å². The van der Waals surface area contributed by atoms with Crippen LogP contribution in [0, 0.1) is 5.82 Å². The lowest BCUT2D eigenvalue weighted by molar-refractivity contribution is 0.135. The Labute approximate surface area is 110 Å². The highest BCUT2D eigenvalue weighted by atomic mass is 79.9. The minimum absolute atomic E-state index is 0.0138. The molecule has 0 spiro atoms. The number of hydrogen-bond acceptors (Lipinski definition) is 4. The number of aromatic nitrogens is 4. The zero-order valence-corrected chi connectivity index (χ0v) is 10.7. The van der Waals surface area contributed by atoms with Gasteiger partial charge in [0, 0.05) is 4.47 Å². The Balaban J connectivity index is 2.07. The minimum atomic E-state index is -0.850. The van der Waals surface area contributed by atoms with Gasteiger partial charge >= 0.3 is 0 Å².